The van der Waals surface area contributed by atoms with Gasteiger partial charge >= 0.3 is 6.18 Å². The third-order valence-corrected chi connectivity index (χ3v) is 6.09. The van der Waals surface area contributed by atoms with Gasteiger partial charge in [0.2, 0.25) is 5.91 Å². The molecule has 0 spiro atoms. The molecule has 0 aliphatic rings. The lowest BCUT2D eigenvalue weighted by Gasteiger charge is -2.16. The van der Waals surface area contributed by atoms with Gasteiger partial charge in [-0.2, -0.15) is 13.2 Å². The lowest BCUT2D eigenvalue weighted by atomic mass is 10.1. The number of nitrogens with one attached hydrogen (secondary N) is 1. The molecule has 1 aromatic heterocycles. The van der Waals surface area contributed by atoms with Crippen LogP contribution in [0.1, 0.15) is 31.4 Å². The molecule has 28 heavy (non-hydrogen) atoms. The van der Waals surface area contributed by atoms with E-state index in [9.17, 15) is 18.0 Å². The van der Waals surface area contributed by atoms with Gasteiger partial charge in [-0.1, -0.05) is 25.7 Å². The van der Waals surface area contributed by atoms with E-state index in [1.54, 1.807) is 13.3 Å². The zero-order valence-electron chi connectivity index (χ0n) is 16.8. The summed E-state index contributed by atoms with van der Waals surface area (Å²) in [6, 6.07) is 6.26. The van der Waals surface area contributed by atoms with Crippen LogP contribution in [0.4, 0.5) is 13.2 Å². The molecule has 2 aromatic rings. The van der Waals surface area contributed by atoms with Crippen molar-refractivity contribution in [3.05, 3.63) is 30.1 Å². The number of imidazole rings is 1. The molecule has 0 aliphatic carbocycles. The molecule has 1 aromatic carbocycles. The highest BCUT2D eigenvalue weighted by Crippen LogP contribution is 2.23. The Bertz CT molecular complexity index is 800. The SMILES string of the molecule is C[C@@H](NC(=O)CCC(F)(F)F)c1ccc2c(c1)ncn2COCC[Si](C)(C)C. The average Bonchev–Trinajstić information content (AvgIpc) is 2.97. The summed E-state index contributed by atoms with van der Waals surface area (Å²) < 4.78 is 44.3. The number of rotatable bonds is 9. The van der Waals surface area contributed by atoms with Crippen molar-refractivity contribution in [3.8, 4) is 0 Å². The molecule has 156 valence electrons. The number of halogens is 3. The lowest BCUT2D eigenvalue weighted by molar-refractivity contribution is -0.144. The number of carbonyl (C=O) groups is 1. The summed E-state index contributed by atoms with van der Waals surface area (Å²) in [6.07, 6.45) is -4.31. The van der Waals surface area contributed by atoms with Gasteiger partial charge in [-0.25, -0.2) is 4.98 Å². The van der Waals surface area contributed by atoms with Crippen LogP contribution in [0.5, 0.6) is 0 Å². The number of aromatic nitrogens is 2. The van der Waals surface area contributed by atoms with E-state index in [4.69, 9.17) is 4.74 Å². The van der Waals surface area contributed by atoms with Crippen LogP contribution in [0.25, 0.3) is 11.0 Å². The van der Waals surface area contributed by atoms with Crippen molar-refractivity contribution in [1.82, 2.24) is 14.9 Å². The van der Waals surface area contributed by atoms with Gasteiger partial charge in [-0.05, 0) is 30.7 Å². The minimum absolute atomic E-state index is 0.400. The van der Waals surface area contributed by atoms with Crippen molar-refractivity contribution in [1.29, 1.82) is 0 Å². The smallest absolute Gasteiger partial charge is 0.361 e. The number of amides is 1. The Labute approximate surface area is 164 Å². The standard InChI is InChI=1S/C19H28F3N3O2Si/c1-14(24-18(26)7-8-19(20,21)22)15-5-6-17-16(11-15)23-12-25(17)13-27-9-10-28(2,3)4/h5-6,11-12,14H,7-10,13H2,1-4H3,(H,24,26)/t14-/m1/s1. The molecule has 0 saturated carbocycles. The summed E-state index contributed by atoms with van der Waals surface area (Å²) in [4.78, 5) is 16.1. The molecule has 5 nitrogen and oxygen atoms in total. The maximum atomic E-state index is 12.2. The van der Waals surface area contributed by atoms with Crippen molar-refractivity contribution >= 4 is 25.0 Å². The minimum atomic E-state index is -4.33. The van der Waals surface area contributed by atoms with E-state index in [1.165, 1.54) is 0 Å². The Hall–Kier alpha value is -1.87. The zero-order valence-corrected chi connectivity index (χ0v) is 17.8. The molecule has 1 N–H and O–H groups in total. The fraction of sp³-hybridized carbons (Fsp3) is 0.579. The maximum absolute atomic E-state index is 12.2. The number of ether oxygens (including phenoxy) is 1. The van der Waals surface area contributed by atoms with Gasteiger partial charge in [0.15, 0.2) is 0 Å². The first-order valence-electron chi connectivity index (χ1n) is 9.33. The molecule has 2 rings (SSSR count). The predicted molar refractivity (Wildman–Crippen MR) is 106 cm³/mol. The monoisotopic (exact) mass is 415 g/mol. The van der Waals surface area contributed by atoms with E-state index >= 15 is 0 Å². The highest BCUT2D eigenvalue weighted by molar-refractivity contribution is 6.76. The highest BCUT2D eigenvalue weighted by atomic mass is 28.3. The van der Waals surface area contributed by atoms with Gasteiger partial charge in [-0.15, -0.1) is 0 Å². The van der Waals surface area contributed by atoms with Crippen molar-refractivity contribution in [2.24, 2.45) is 0 Å². The lowest BCUT2D eigenvalue weighted by Crippen LogP contribution is -2.27. The molecule has 0 aliphatic heterocycles. The number of alkyl halides is 3. The van der Waals surface area contributed by atoms with Crippen molar-refractivity contribution in [3.63, 3.8) is 0 Å². The van der Waals surface area contributed by atoms with Crippen LogP contribution < -0.4 is 5.32 Å². The molecule has 1 atom stereocenters. The highest BCUT2D eigenvalue weighted by Gasteiger charge is 2.28. The third kappa shape index (κ3) is 7.27. The molecule has 0 radical (unpaired) electrons. The third-order valence-electron chi connectivity index (χ3n) is 4.38. The normalized spacial score (nSPS) is 13.7. The Morgan fingerprint density at radius 2 is 2.04 bits per heavy atom. The maximum Gasteiger partial charge on any atom is 0.389 e. The average molecular weight is 416 g/mol. The second kappa shape index (κ2) is 9.08. The molecular weight excluding hydrogens is 387 g/mol. The minimum Gasteiger partial charge on any atom is -0.361 e. The van der Waals surface area contributed by atoms with Crippen LogP contribution in [0.3, 0.4) is 0 Å². The molecule has 1 heterocycles. The van der Waals surface area contributed by atoms with Crippen molar-refractivity contribution in [2.45, 2.75) is 64.4 Å². The Balaban J connectivity index is 1.94. The van der Waals surface area contributed by atoms with Crippen LogP contribution in [-0.4, -0.2) is 36.3 Å². The number of hydrogen-bond acceptors (Lipinski definition) is 3. The van der Waals surface area contributed by atoms with Crippen LogP contribution in [0, 0.1) is 0 Å². The number of nitrogens with zero attached hydrogens (tertiary/aromatic N) is 2. The molecule has 0 saturated heterocycles. The van der Waals surface area contributed by atoms with E-state index in [2.05, 4.69) is 29.9 Å². The largest absolute Gasteiger partial charge is 0.389 e. The van der Waals surface area contributed by atoms with Crippen molar-refractivity contribution < 1.29 is 22.7 Å². The van der Waals surface area contributed by atoms with Crippen LogP contribution in [0.15, 0.2) is 24.5 Å². The fourth-order valence-electron chi connectivity index (χ4n) is 2.65. The van der Waals surface area contributed by atoms with Gasteiger partial charge in [0.05, 0.1) is 29.8 Å². The summed E-state index contributed by atoms with van der Waals surface area (Å²) in [5.41, 5.74) is 2.45. The molecule has 1 amide bonds. The summed E-state index contributed by atoms with van der Waals surface area (Å²) in [5.74, 6) is -0.619. The van der Waals surface area contributed by atoms with Gasteiger partial charge in [-0.3, -0.25) is 4.79 Å². The van der Waals surface area contributed by atoms with E-state index in [0.29, 0.717) is 13.3 Å². The molecule has 0 bridgehead atoms. The van der Waals surface area contributed by atoms with E-state index in [-0.39, 0.29) is 0 Å². The Morgan fingerprint density at radius 3 is 2.68 bits per heavy atom. The van der Waals surface area contributed by atoms with Crippen LogP contribution >= 0.6 is 0 Å². The molecule has 0 fully saturated rings. The van der Waals surface area contributed by atoms with E-state index in [1.807, 2.05) is 22.8 Å². The topological polar surface area (TPSA) is 56.2 Å². The second-order valence-electron chi connectivity index (χ2n) is 8.21. The van der Waals surface area contributed by atoms with Gasteiger partial charge in [0.1, 0.15) is 6.73 Å². The number of benzene rings is 1. The first-order valence-corrected chi connectivity index (χ1v) is 13.0. The molecule has 0 unspecified atom stereocenters. The summed E-state index contributed by atoms with van der Waals surface area (Å²) >= 11 is 0. The summed E-state index contributed by atoms with van der Waals surface area (Å²) in [5, 5.41) is 2.60. The zero-order chi connectivity index (χ0) is 20.9. The first-order chi connectivity index (χ1) is 12.9. The number of hydrogen-bond donors (Lipinski definition) is 1. The van der Waals surface area contributed by atoms with Crippen molar-refractivity contribution in [2.75, 3.05) is 6.61 Å². The molecular formula is C19H28F3N3O2Si. The van der Waals surface area contributed by atoms with Gasteiger partial charge in [0.25, 0.3) is 0 Å². The summed E-state index contributed by atoms with van der Waals surface area (Å²) in [7, 11) is -1.13. The Kier molecular flexibility index (Phi) is 7.27. The fourth-order valence-corrected chi connectivity index (χ4v) is 3.40. The van der Waals surface area contributed by atoms with Gasteiger partial charge in [0, 0.05) is 21.1 Å². The quantitative estimate of drug-likeness (QED) is 0.470. The first kappa shape index (κ1) is 22.4. The van der Waals surface area contributed by atoms with Gasteiger partial charge < -0.3 is 14.6 Å². The summed E-state index contributed by atoms with van der Waals surface area (Å²) in [6.45, 7) is 9.77. The van der Waals surface area contributed by atoms with Crippen LogP contribution in [0.2, 0.25) is 25.7 Å². The predicted octanol–water partition coefficient (Wildman–Crippen LogP) is 4.87. The van der Waals surface area contributed by atoms with E-state index < -0.39 is 39.0 Å². The number of fused-ring (bicyclic) bond motifs is 1. The Morgan fingerprint density at radius 1 is 1.32 bits per heavy atom. The number of carbonyl (C=O) groups excluding carboxylic acids is 1. The second-order valence-corrected chi connectivity index (χ2v) is 13.8. The molecule has 9 heteroatoms. The van der Waals surface area contributed by atoms with Crippen LogP contribution in [-0.2, 0) is 16.3 Å². The van der Waals surface area contributed by atoms with E-state index in [0.717, 1.165) is 22.6 Å².